The molecular weight excluding hydrogens is 609 g/mol. The van der Waals surface area contributed by atoms with Crippen LogP contribution < -0.4 is 5.32 Å². The molecule has 238 valence electrons. The van der Waals surface area contributed by atoms with Crippen LogP contribution in [0.25, 0.3) is 60.7 Å². The van der Waals surface area contributed by atoms with Crippen LogP contribution in [-0.4, -0.2) is 5.84 Å². The van der Waals surface area contributed by atoms with Crippen LogP contribution in [-0.2, 0) is 5.41 Å². The van der Waals surface area contributed by atoms with Gasteiger partial charge in [-0.2, -0.15) is 0 Å². The predicted octanol–water partition coefficient (Wildman–Crippen LogP) is 11.8. The van der Waals surface area contributed by atoms with E-state index in [0.717, 1.165) is 50.2 Å². The van der Waals surface area contributed by atoms with Gasteiger partial charge in [-0.1, -0.05) is 147 Å². The first-order valence-corrected chi connectivity index (χ1v) is 17.3. The van der Waals surface area contributed by atoms with E-state index in [1.807, 2.05) is 18.2 Å². The second kappa shape index (κ2) is 10.9. The van der Waals surface area contributed by atoms with Gasteiger partial charge < -0.3 is 9.73 Å². The molecule has 3 heteroatoms. The largest absolute Gasteiger partial charge is 0.456 e. The second-order valence-corrected chi connectivity index (χ2v) is 14.0. The fraction of sp³-hybridized carbons (Fsp3) is 0.0851. The maximum atomic E-state index is 6.47. The SMILES string of the molecule is CC1(C)c2cc3ccccc3cc2-c2c(-c3ccc(C4=CC(c5cccc6c5oc5ccccc56)NC(c5ccccc5)=N4)cc3)cccc21. The van der Waals surface area contributed by atoms with Gasteiger partial charge >= 0.3 is 0 Å². The molecule has 3 nitrogen and oxygen atoms in total. The number of hydrogen-bond acceptors (Lipinski definition) is 3. The Bertz CT molecular complexity index is 2690. The highest BCUT2D eigenvalue weighted by molar-refractivity contribution is 6.07. The molecule has 1 atom stereocenters. The van der Waals surface area contributed by atoms with Crippen LogP contribution in [0.1, 0.15) is 47.7 Å². The monoisotopic (exact) mass is 642 g/mol. The van der Waals surface area contributed by atoms with Gasteiger partial charge in [-0.05, 0) is 74.0 Å². The van der Waals surface area contributed by atoms with Crippen molar-refractivity contribution in [2.24, 2.45) is 4.99 Å². The summed E-state index contributed by atoms with van der Waals surface area (Å²) >= 11 is 0. The maximum Gasteiger partial charge on any atom is 0.141 e. The van der Waals surface area contributed by atoms with E-state index in [1.165, 1.54) is 44.2 Å². The number of furan rings is 1. The molecule has 1 aliphatic heterocycles. The summed E-state index contributed by atoms with van der Waals surface area (Å²) < 4.78 is 6.47. The zero-order chi connectivity index (χ0) is 33.4. The lowest BCUT2D eigenvalue weighted by Gasteiger charge is -2.24. The standard InChI is InChI=1S/C47H34N2O/c1-47(2)39-20-11-17-34(44(39)38-26-32-14-6-7-15-33(32)27-40(38)47)29-22-24-30(25-23-29)41-28-42(49-46(48-41)31-12-4-3-5-13-31)37-19-10-18-36-35-16-8-9-21-43(35)50-45(36)37/h3-28,42H,1-2H3,(H,48,49). The molecule has 8 aromatic rings. The molecule has 0 amide bonds. The number of amidine groups is 1. The van der Waals surface area contributed by atoms with Crippen molar-refractivity contribution < 1.29 is 4.42 Å². The van der Waals surface area contributed by atoms with Crippen molar-refractivity contribution in [2.45, 2.75) is 25.3 Å². The normalized spacial score (nSPS) is 16.2. The summed E-state index contributed by atoms with van der Waals surface area (Å²) in [6.07, 6.45) is 2.23. The molecule has 1 aliphatic carbocycles. The zero-order valence-electron chi connectivity index (χ0n) is 27.9. The first kappa shape index (κ1) is 28.8. The van der Waals surface area contributed by atoms with Gasteiger partial charge in [-0.25, -0.2) is 4.99 Å². The van der Waals surface area contributed by atoms with Crippen molar-refractivity contribution in [3.05, 3.63) is 186 Å². The number of para-hydroxylation sites is 2. The van der Waals surface area contributed by atoms with E-state index in [4.69, 9.17) is 9.41 Å². The van der Waals surface area contributed by atoms with Gasteiger partial charge in [0.2, 0.25) is 0 Å². The van der Waals surface area contributed by atoms with Crippen LogP contribution in [0.15, 0.2) is 167 Å². The van der Waals surface area contributed by atoms with Crippen molar-refractivity contribution in [3.63, 3.8) is 0 Å². The maximum absolute atomic E-state index is 6.47. The first-order valence-electron chi connectivity index (χ1n) is 17.3. The number of fused-ring (bicyclic) bond motifs is 7. The van der Waals surface area contributed by atoms with Crippen LogP contribution in [0.3, 0.4) is 0 Å². The molecule has 1 unspecified atom stereocenters. The van der Waals surface area contributed by atoms with Gasteiger partial charge in [0.1, 0.15) is 17.0 Å². The number of rotatable bonds is 4. The highest BCUT2D eigenvalue weighted by Crippen LogP contribution is 2.53. The summed E-state index contributed by atoms with van der Waals surface area (Å²) in [5.41, 5.74) is 13.8. The molecule has 0 radical (unpaired) electrons. The summed E-state index contributed by atoms with van der Waals surface area (Å²) in [7, 11) is 0. The third-order valence-corrected chi connectivity index (χ3v) is 10.7. The van der Waals surface area contributed by atoms with Crippen molar-refractivity contribution in [3.8, 4) is 22.3 Å². The summed E-state index contributed by atoms with van der Waals surface area (Å²) in [4.78, 5) is 5.19. The molecule has 0 bridgehead atoms. The number of nitrogens with zero attached hydrogens (tertiary/aromatic N) is 1. The van der Waals surface area contributed by atoms with Gasteiger partial charge in [0.05, 0.1) is 11.7 Å². The van der Waals surface area contributed by atoms with Crippen LogP contribution in [0.2, 0.25) is 0 Å². The zero-order valence-corrected chi connectivity index (χ0v) is 27.9. The van der Waals surface area contributed by atoms with E-state index in [-0.39, 0.29) is 11.5 Å². The summed E-state index contributed by atoms with van der Waals surface area (Å²) in [6.45, 7) is 4.71. The Morgan fingerprint density at radius 2 is 1.28 bits per heavy atom. The Morgan fingerprint density at radius 3 is 2.12 bits per heavy atom. The van der Waals surface area contributed by atoms with Crippen LogP contribution in [0.5, 0.6) is 0 Å². The minimum atomic E-state index is -0.132. The minimum Gasteiger partial charge on any atom is -0.456 e. The number of hydrogen-bond donors (Lipinski definition) is 1. The van der Waals surface area contributed by atoms with Crippen LogP contribution in [0.4, 0.5) is 0 Å². The summed E-state index contributed by atoms with van der Waals surface area (Å²) in [5.74, 6) is 0.845. The average molecular weight is 643 g/mol. The highest BCUT2D eigenvalue weighted by atomic mass is 16.3. The highest BCUT2D eigenvalue weighted by Gasteiger charge is 2.37. The van der Waals surface area contributed by atoms with E-state index in [0.29, 0.717) is 0 Å². The Labute approximate surface area is 291 Å². The molecular formula is C47H34N2O. The molecule has 0 spiro atoms. The molecule has 2 aliphatic rings. The lowest BCUT2D eigenvalue weighted by Crippen LogP contribution is -2.31. The molecule has 50 heavy (non-hydrogen) atoms. The fourth-order valence-electron chi connectivity index (χ4n) is 8.16. The lowest BCUT2D eigenvalue weighted by atomic mass is 9.81. The van der Waals surface area contributed by atoms with Crippen molar-refractivity contribution in [1.29, 1.82) is 0 Å². The fourth-order valence-corrected chi connectivity index (χ4v) is 8.16. The lowest BCUT2D eigenvalue weighted by molar-refractivity contribution is 0.652. The summed E-state index contributed by atoms with van der Waals surface area (Å²) in [5, 5.41) is 8.55. The van der Waals surface area contributed by atoms with E-state index >= 15 is 0 Å². The van der Waals surface area contributed by atoms with Crippen LogP contribution in [0, 0.1) is 0 Å². The van der Waals surface area contributed by atoms with Gasteiger partial charge in [0, 0.05) is 27.3 Å². The van der Waals surface area contributed by atoms with E-state index in [2.05, 4.69) is 159 Å². The predicted molar refractivity (Wildman–Crippen MR) is 208 cm³/mol. The van der Waals surface area contributed by atoms with Gasteiger partial charge in [-0.3, -0.25) is 0 Å². The van der Waals surface area contributed by atoms with Crippen LogP contribution >= 0.6 is 0 Å². The van der Waals surface area contributed by atoms with Crippen molar-refractivity contribution in [1.82, 2.24) is 5.32 Å². The van der Waals surface area contributed by atoms with E-state index in [1.54, 1.807) is 0 Å². The Morgan fingerprint density at radius 1 is 0.580 bits per heavy atom. The van der Waals surface area contributed by atoms with Gasteiger partial charge in [-0.15, -0.1) is 0 Å². The second-order valence-electron chi connectivity index (χ2n) is 14.0. The Hall–Kier alpha value is -6.19. The molecule has 2 heterocycles. The number of benzene rings is 7. The first-order chi connectivity index (χ1) is 24.5. The van der Waals surface area contributed by atoms with Crippen molar-refractivity contribution >= 4 is 44.2 Å². The van der Waals surface area contributed by atoms with Gasteiger partial charge in [0.25, 0.3) is 0 Å². The third-order valence-electron chi connectivity index (χ3n) is 10.7. The van der Waals surface area contributed by atoms with Crippen molar-refractivity contribution in [2.75, 3.05) is 0 Å². The molecule has 1 aromatic heterocycles. The molecule has 0 saturated heterocycles. The summed E-state index contributed by atoms with van der Waals surface area (Å²) in [6, 6.07) is 54.1. The number of nitrogens with one attached hydrogen (secondary N) is 1. The molecule has 0 fully saturated rings. The number of aliphatic imine (C=N–C) groups is 1. The quantitative estimate of drug-likeness (QED) is 0.207. The smallest absolute Gasteiger partial charge is 0.141 e. The van der Waals surface area contributed by atoms with E-state index in [9.17, 15) is 0 Å². The molecule has 7 aromatic carbocycles. The van der Waals surface area contributed by atoms with E-state index < -0.39 is 0 Å². The molecule has 1 N–H and O–H groups in total. The van der Waals surface area contributed by atoms with Gasteiger partial charge in [0.15, 0.2) is 0 Å². The molecule has 10 rings (SSSR count). The molecule has 0 saturated carbocycles. The third kappa shape index (κ3) is 4.40. The average Bonchev–Trinajstić information content (AvgIpc) is 3.66. The Balaban J connectivity index is 1.08. The Kier molecular flexibility index (Phi) is 6.28. The topological polar surface area (TPSA) is 37.5 Å². The minimum absolute atomic E-state index is 0.0785.